The minimum absolute atomic E-state index is 0.155. The standard InChI is InChI=1S/C14H28N2O2/c17-14(11-13-3-1-2-4-13)12-15-5-6-16-7-9-18-10-8-16/h13-15,17H,1-12H2. The first kappa shape index (κ1) is 14.3. The molecule has 4 nitrogen and oxygen atoms in total. The SMILES string of the molecule is OC(CNCCN1CCOCC1)CC1CCCC1. The van der Waals surface area contributed by atoms with Gasteiger partial charge in [-0.15, -0.1) is 0 Å². The van der Waals surface area contributed by atoms with Crippen molar-refractivity contribution in [2.45, 2.75) is 38.2 Å². The smallest absolute Gasteiger partial charge is 0.0667 e. The largest absolute Gasteiger partial charge is 0.392 e. The van der Waals surface area contributed by atoms with E-state index in [4.69, 9.17) is 4.74 Å². The van der Waals surface area contributed by atoms with Crippen LogP contribution >= 0.6 is 0 Å². The molecule has 1 saturated carbocycles. The van der Waals surface area contributed by atoms with E-state index in [-0.39, 0.29) is 6.10 Å². The van der Waals surface area contributed by atoms with Crippen LogP contribution in [0.1, 0.15) is 32.1 Å². The molecule has 2 fully saturated rings. The van der Waals surface area contributed by atoms with Crippen molar-refractivity contribution in [2.75, 3.05) is 45.9 Å². The van der Waals surface area contributed by atoms with E-state index in [1.54, 1.807) is 0 Å². The Balaban J connectivity index is 1.46. The summed E-state index contributed by atoms with van der Waals surface area (Å²) in [6, 6.07) is 0. The highest BCUT2D eigenvalue weighted by molar-refractivity contribution is 4.72. The Hall–Kier alpha value is -0.160. The second-order valence-electron chi connectivity index (χ2n) is 5.70. The van der Waals surface area contributed by atoms with E-state index in [1.807, 2.05) is 0 Å². The molecule has 2 aliphatic rings. The maximum Gasteiger partial charge on any atom is 0.0667 e. The van der Waals surface area contributed by atoms with Gasteiger partial charge >= 0.3 is 0 Å². The third-order valence-electron chi connectivity index (χ3n) is 4.17. The number of nitrogens with one attached hydrogen (secondary N) is 1. The molecule has 106 valence electrons. The van der Waals surface area contributed by atoms with Crippen LogP contribution in [0, 0.1) is 5.92 Å². The van der Waals surface area contributed by atoms with Gasteiger partial charge in [0.15, 0.2) is 0 Å². The Labute approximate surface area is 111 Å². The Morgan fingerprint density at radius 1 is 1.22 bits per heavy atom. The van der Waals surface area contributed by atoms with E-state index >= 15 is 0 Å². The molecule has 0 radical (unpaired) electrons. The van der Waals surface area contributed by atoms with E-state index < -0.39 is 0 Å². The van der Waals surface area contributed by atoms with Crippen LogP contribution in [-0.2, 0) is 4.74 Å². The molecular formula is C14H28N2O2. The highest BCUT2D eigenvalue weighted by Gasteiger charge is 2.18. The van der Waals surface area contributed by atoms with Gasteiger partial charge in [0.25, 0.3) is 0 Å². The number of aliphatic hydroxyl groups excluding tert-OH is 1. The molecule has 18 heavy (non-hydrogen) atoms. The lowest BCUT2D eigenvalue weighted by atomic mass is 10.0. The molecule has 0 bridgehead atoms. The van der Waals surface area contributed by atoms with Crippen LogP contribution in [0.15, 0.2) is 0 Å². The van der Waals surface area contributed by atoms with Crippen molar-refractivity contribution in [1.29, 1.82) is 0 Å². The van der Waals surface area contributed by atoms with E-state index in [1.165, 1.54) is 25.7 Å². The number of morpholine rings is 1. The van der Waals surface area contributed by atoms with Gasteiger partial charge in [0.05, 0.1) is 19.3 Å². The zero-order valence-electron chi connectivity index (χ0n) is 11.4. The minimum atomic E-state index is -0.155. The second-order valence-corrected chi connectivity index (χ2v) is 5.70. The fourth-order valence-corrected chi connectivity index (χ4v) is 3.04. The molecule has 2 N–H and O–H groups in total. The van der Waals surface area contributed by atoms with Crippen LogP contribution in [0.25, 0.3) is 0 Å². The lowest BCUT2D eigenvalue weighted by molar-refractivity contribution is 0.0379. The average molecular weight is 256 g/mol. The summed E-state index contributed by atoms with van der Waals surface area (Å²) in [5.74, 6) is 0.779. The van der Waals surface area contributed by atoms with Crippen LogP contribution in [-0.4, -0.2) is 62.0 Å². The summed E-state index contributed by atoms with van der Waals surface area (Å²) in [6.07, 6.45) is 6.21. The number of ether oxygens (including phenoxy) is 1. The quantitative estimate of drug-likeness (QED) is 0.663. The highest BCUT2D eigenvalue weighted by Crippen LogP contribution is 2.28. The minimum Gasteiger partial charge on any atom is -0.392 e. The topological polar surface area (TPSA) is 44.7 Å². The summed E-state index contributed by atoms with van der Waals surface area (Å²) < 4.78 is 5.32. The van der Waals surface area contributed by atoms with Gasteiger partial charge in [-0.05, 0) is 12.3 Å². The van der Waals surface area contributed by atoms with Crippen molar-refractivity contribution in [3.8, 4) is 0 Å². The van der Waals surface area contributed by atoms with Gasteiger partial charge in [-0.25, -0.2) is 0 Å². The third-order valence-corrected chi connectivity index (χ3v) is 4.17. The Morgan fingerprint density at radius 3 is 2.67 bits per heavy atom. The molecule has 2 rings (SSSR count). The highest BCUT2D eigenvalue weighted by atomic mass is 16.5. The van der Waals surface area contributed by atoms with Crippen LogP contribution in [0.5, 0.6) is 0 Å². The molecule has 0 aromatic rings. The van der Waals surface area contributed by atoms with E-state index in [0.717, 1.165) is 58.3 Å². The molecule has 0 aromatic carbocycles. The van der Waals surface area contributed by atoms with Crippen LogP contribution < -0.4 is 5.32 Å². The van der Waals surface area contributed by atoms with E-state index in [9.17, 15) is 5.11 Å². The Bertz CT molecular complexity index is 214. The second kappa shape index (κ2) is 8.10. The Kier molecular flexibility index (Phi) is 6.41. The number of hydrogen-bond acceptors (Lipinski definition) is 4. The van der Waals surface area contributed by atoms with Gasteiger partial charge in [0.1, 0.15) is 0 Å². The molecule has 1 aliphatic carbocycles. The molecule has 1 aliphatic heterocycles. The van der Waals surface area contributed by atoms with Gasteiger partial charge in [-0.1, -0.05) is 25.7 Å². The summed E-state index contributed by atoms with van der Waals surface area (Å²) in [6.45, 7) is 6.62. The first-order valence-corrected chi connectivity index (χ1v) is 7.53. The number of nitrogens with zero attached hydrogens (tertiary/aromatic N) is 1. The van der Waals surface area contributed by atoms with Crippen molar-refractivity contribution in [2.24, 2.45) is 5.92 Å². The summed E-state index contributed by atoms with van der Waals surface area (Å²) >= 11 is 0. The predicted octanol–water partition coefficient (Wildman–Crippen LogP) is 0.849. The molecular weight excluding hydrogens is 228 g/mol. The number of rotatable bonds is 7. The zero-order valence-corrected chi connectivity index (χ0v) is 11.4. The first-order valence-electron chi connectivity index (χ1n) is 7.53. The zero-order chi connectivity index (χ0) is 12.6. The van der Waals surface area contributed by atoms with Crippen molar-refractivity contribution in [3.05, 3.63) is 0 Å². The normalized spacial score (nSPS) is 24.5. The van der Waals surface area contributed by atoms with Gasteiger partial charge in [-0.3, -0.25) is 4.90 Å². The van der Waals surface area contributed by atoms with Gasteiger partial charge in [-0.2, -0.15) is 0 Å². The monoisotopic (exact) mass is 256 g/mol. The fourth-order valence-electron chi connectivity index (χ4n) is 3.04. The lowest BCUT2D eigenvalue weighted by Gasteiger charge is -2.26. The number of aliphatic hydroxyl groups is 1. The third kappa shape index (κ3) is 5.22. The van der Waals surface area contributed by atoms with Crippen molar-refractivity contribution in [3.63, 3.8) is 0 Å². The van der Waals surface area contributed by atoms with Gasteiger partial charge < -0.3 is 15.2 Å². The van der Waals surface area contributed by atoms with Gasteiger partial charge in [0.2, 0.25) is 0 Å². The molecule has 1 saturated heterocycles. The van der Waals surface area contributed by atoms with Crippen LogP contribution in [0.4, 0.5) is 0 Å². The van der Waals surface area contributed by atoms with E-state index in [2.05, 4.69) is 10.2 Å². The molecule has 0 amide bonds. The molecule has 0 aromatic heterocycles. The maximum atomic E-state index is 9.95. The molecule has 0 spiro atoms. The fraction of sp³-hybridized carbons (Fsp3) is 1.00. The summed E-state index contributed by atoms with van der Waals surface area (Å²) in [4.78, 5) is 2.42. The molecule has 1 heterocycles. The van der Waals surface area contributed by atoms with Crippen LogP contribution in [0.3, 0.4) is 0 Å². The van der Waals surface area contributed by atoms with Crippen molar-refractivity contribution < 1.29 is 9.84 Å². The molecule has 1 atom stereocenters. The van der Waals surface area contributed by atoms with Crippen molar-refractivity contribution in [1.82, 2.24) is 10.2 Å². The van der Waals surface area contributed by atoms with Gasteiger partial charge in [0, 0.05) is 32.7 Å². The summed E-state index contributed by atoms with van der Waals surface area (Å²) in [5, 5.41) is 13.3. The maximum absolute atomic E-state index is 9.95. The molecule has 1 unspecified atom stereocenters. The van der Waals surface area contributed by atoms with Crippen LogP contribution in [0.2, 0.25) is 0 Å². The van der Waals surface area contributed by atoms with Crippen molar-refractivity contribution >= 4 is 0 Å². The summed E-state index contributed by atoms with van der Waals surface area (Å²) in [7, 11) is 0. The molecule has 4 heteroatoms. The predicted molar refractivity (Wildman–Crippen MR) is 72.7 cm³/mol. The number of hydrogen-bond donors (Lipinski definition) is 2. The van der Waals surface area contributed by atoms with E-state index in [0.29, 0.717) is 0 Å². The summed E-state index contributed by atoms with van der Waals surface area (Å²) in [5.41, 5.74) is 0. The average Bonchev–Trinajstić information content (AvgIpc) is 2.89. The first-order chi connectivity index (χ1) is 8.84. The Morgan fingerprint density at radius 2 is 1.94 bits per heavy atom. The lowest BCUT2D eigenvalue weighted by Crippen LogP contribution is -2.41.